The summed E-state index contributed by atoms with van der Waals surface area (Å²) in [6.07, 6.45) is 1.05. The highest BCUT2D eigenvalue weighted by Crippen LogP contribution is 2.41. The summed E-state index contributed by atoms with van der Waals surface area (Å²) >= 11 is 0. The largest absolute Gasteiger partial charge is 0.508 e. The van der Waals surface area contributed by atoms with Gasteiger partial charge in [0.2, 0.25) is 0 Å². The summed E-state index contributed by atoms with van der Waals surface area (Å²) in [7, 11) is 0. The van der Waals surface area contributed by atoms with Crippen molar-refractivity contribution in [1.29, 1.82) is 0 Å². The molecule has 20 heavy (non-hydrogen) atoms. The Hall–Kier alpha value is -1.96. The molecule has 1 atom stereocenters. The van der Waals surface area contributed by atoms with Crippen molar-refractivity contribution in [3.8, 4) is 11.5 Å². The fourth-order valence-electron chi connectivity index (χ4n) is 2.76. The van der Waals surface area contributed by atoms with E-state index in [1.54, 1.807) is 24.3 Å². The molecule has 0 aliphatic heterocycles. The summed E-state index contributed by atoms with van der Waals surface area (Å²) in [5, 5.41) is 19.0. The first kappa shape index (κ1) is 14.4. The van der Waals surface area contributed by atoms with E-state index in [0.29, 0.717) is 5.92 Å². The van der Waals surface area contributed by atoms with Crippen molar-refractivity contribution < 1.29 is 10.2 Å². The Bertz CT molecular complexity index is 509. The minimum absolute atomic E-state index is 0.143. The van der Waals surface area contributed by atoms with Crippen molar-refractivity contribution in [2.45, 2.75) is 32.6 Å². The highest BCUT2D eigenvalue weighted by molar-refractivity contribution is 5.42. The van der Waals surface area contributed by atoms with Gasteiger partial charge in [-0.3, -0.25) is 0 Å². The predicted octanol–water partition coefficient (Wildman–Crippen LogP) is 4.45. The second-order valence-electron chi connectivity index (χ2n) is 5.61. The number of phenolic OH excluding ortho intramolecular Hbond substituents is 2. The Labute approximate surface area is 120 Å². The minimum Gasteiger partial charge on any atom is -0.508 e. The van der Waals surface area contributed by atoms with E-state index in [1.165, 1.54) is 11.1 Å². The number of phenols is 2. The molecule has 0 spiro atoms. The first-order chi connectivity index (χ1) is 9.48. The van der Waals surface area contributed by atoms with E-state index in [4.69, 9.17) is 0 Å². The quantitative estimate of drug-likeness (QED) is 0.861. The lowest BCUT2D eigenvalue weighted by Crippen LogP contribution is -2.31. The van der Waals surface area contributed by atoms with E-state index in [1.807, 2.05) is 24.3 Å². The van der Waals surface area contributed by atoms with Crippen LogP contribution in [-0.4, -0.2) is 10.2 Å². The van der Waals surface area contributed by atoms with Gasteiger partial charge in [-0.25, -0.2) is 0 Å². The molecule has 0 bridgehead atoms. The van der Waals surface area contributed by atoms with Crippen LogP contribution in [0.2, 0.25) is 0 Å². The van der Waals surface area contributed by atoms with Crippen molar-refractivity contribution in [2.24, 2.45) is 5.92 Å². The Morgan fingerprint density at radius 3 is 1.50 bits per heavy atom. The molecule has 2 rings (SSSR count). The second kappa shape index (κ2) is 5.58. The monoisotopic (exact) mass is 270 g/mol. The molecule has 2 nitrogen and oxygen atoms in total. The molecule has 0 saturated carbocycles. The summed E-state index contributed by atoms with van der Waals surface area (Å²) in [4.78, 5) is 0. The Morgan fingerprint density at radius 1 is 0.850 bits per heavy atom. The van der Waals surface area contributed by atoms with Crippen LogP contribution in [0.15, 0.2) is 48.5 Å². The average molecular weight is 270 g/mol. The lowest BCUT2D eigenvalue weighted by Gasteiger charge is -2.37. The molecule has 0 fully saturated rings. The molecule has 2 aromatic rings. The van der Waals surface area contributed by atoms with Crippen LogP contribution < -0.4 is 0 Å². The zero-order valence-corrected chi connectivity index (χ0v) is 12.3. The number of hydrogen-bond acceptors (Lipinski definition) is 2. The van der Waals surface area contributed by atoms with Crippen molar-refractivity contribution in [1.82, 2.24) is 0 Å². The van der Waals surface area contributed by atoms with E-state index in [-0.39, 0.29) is 16.9 Å². The van der Waals surface area contributed by atoms with Crippen LogP contribution >= 0.6 is 0 Å². The third-order valence-electron chi connectivity index (χ3n) is 4.53. The predicted molar refractivity (Wildman–Crippen MR) is 82.1 cm³/mol. The summed E-state index contributed by atoms with van der Waals surface area (Å²) in [6.45, 7) is 6.64. The van der Waals surface area contributed by atoms with Gasteiger partial charge in [0.05, 0.1) is 0 Å². The molecule has 1 unspecified atom stereocenters. The third-order valence-corrected chi connectivity index (χ3v) is 4.53. The molecule has 2 N–H and O–H groups in total. The van der Waals surface area contributed by atoms with Crippen molar-refractivity contribution in [2.75, 3.05) is 0 Å². The van der Waals surface area contributed by atoms with Gasteiger partial charge in [0.1, 0.15) is 11.5 Å². The van der Waals surface area contributed by atoms with Crippen molar-refractivity contribution in [3.63, 3.8) is 0 Å². The van der Waals surface area contributed by atoms with E-state index in [2.05, 4.69) is 20.8 Å². The van der Waals surface area contributed by atoms with Gasteiger partial charge in [0.25, 0.3) is 0 Å². The highest BCUT2D eigenvalue weighted by Gasteiger charge is 2.33. The van der Waals surface area contributed by atoms with Gasteiger partial charge >= 0.3 is 0 Å². The molecule has 0 heterocycles. The van der Waals surface area contributed by atoms with Crippen LogP contribution in [0.1, 0.15) is 38.3 Å². The van der Waals surface area contributed by atoms with Gasteiger partial charge in [-0.2, -0.15) is 0 Å². The molecule has 2 heteroatoms. The van der Waals surface area contributed by atoms with Gasteiger partial charge in [0.15, 0.2) is 0 Å². The molecule has 106 valence electrons. The van der Waals surface area contributed by atoms with Crippen LogP contribution in [0.4, 0.5) is 0 Å². The molecule has 0 radical (unpaired) electrons. The van der Waals surface area contributed by atoms with Crippen molar-refractivity contribution >= 4 is 0 Å². The molecule has 2 aromatic carbocycles. The number of aromatic hydroxyl groups is 2. The SMILES string of the molecule is CCC(C)C(C)(c1ccc(O)cc1)c1ccc(O)cc1. The maximum atomic E-state index is 9.49. The van der Waals surface area contributed by atoms with Gasteiger partial charge in [-0.05, 0) is 41.3 Å². The molecular weight excluding hydrogens is 248 g/mol. The van der Waals surface area contributed by atoms with Gasteiger partial charge in [-0.1, -0.05) is 51.5 Å². The van der Waals surface area contributed by atoms with Crippen LogP contribution in [0.5, 0.6) is 11.5 Å². The third kappa shape index (κ3) is 2.51. The van der Waals surface area contributed by atoms with Crippen LogP contribution in [-0.2, 0) is 5.41 Å². The van der Waals surface area contributed by atoms with E-state index in [0.717, 1.165) is 6.42 Å². The second-order valence-corrected chi connectivity index (χ2v) is 5.61. The number of rotatable bonds is 4. The lowest BCUT2D eigenvalue weighted by atomic mass is 9.67. The zero-order valence-electron chi connectivity index (χ0n) is 12.3. The van der Waals surface area contributed by atoms with Gasteiger partial charge in [-0.15, -0.1) is 0 Å². The fraction of sp³-hybridized carbons (Fsp3) is 0.333. The average Bonchev–Trinajstić information content (AvgIpc) is 2.47. The Kier molecular flexibility index (Phi) is 4.03. The van der Waals surface area contributed by atoms with Gasteiger partial charge < -0.3 is 10.2 Å². The number of hydrogen-bond donors (Lipinski definition) is 2. The van der Waals surface area contributed by atoms with Crippen LogP contribution in [0.3, 0.4) is 0 Å². The highest BCUT2D eigenvalue weighted by atomic mass is 16.3. The standard InChI is InChI=1S/C18H22O2/c1-4-13(2)18(3,14-5-9-16(19)10-6-14)15-7-11-17(20)12-8-15/h5-13,19-20H,4H2,1-3H3. The summed E-state index contributed by atoms with van der Waals surface area (Å²) < 4.78 is 0. The first-order valence-electron chi connectivity index (χ1n) is 7.07. The minimum atomic E-state index is -0.143. The summed E-state index contributed by atoms with van der Waals surface area (Å²) in [5.41, 5.74) is 2.21. The normalized spacial score (nSPS) is 13.2. The summed E-state index contributed by atoms with van der Waals surface area (Å²) in [6, 6.07) is 14.9. The topological polar surface area (TPSA) is 40.5 Å². The van der Waals surface area contributed by atoms with Crippen LogP contribution in [0.25, 0.3) is 0 Å². The smallest absolute Gasteiger partial charge is 0.115 e. The van der Waals surface area contributed by atoms with Crippen LogP contribution in [0, 0.1) is 5.92 Å². The van der Waals surface area contributed by atoms with E-state index >= 15 is 0 Å². The molecule has 0 amide bonds. The summed E-state index contributed by atoms with van der Waals surface area (Å²) in [5.74, 6) is 1.01. The molecule has 0 aliphatic carbocycles. The maximum Gasteiger partial charge on any atom is 0.115 e. The Morgan fingerprint density at radius 2 is 1.20 bits per heavy atom. The molecule has 0 aliphatic rings. The molecule has 0 aromatic heterocycles. The first-order valence-corrected chi connectivity index (χ1v) is 7.07. The maximum absolute atomic E-state index is 9.49. The number of benzene rings is 2. The fourth-order valence-corrected chi connectivity index (χ4v) is 2.76. The lowest BCUT2D eigenvalue weighted by molar-refractivity contribution is 0.362. The zero-order chi connectivity index (χ0) is 14.8. The Balaban J connectivity index is 2.55. The van der Waals surface area contributed by atoms with E-state index < -0.39 is 0 Å². The molecular formula is C18H22O2. The van der Waals surface area contributed by atoms with Gasteiger partial charge in [0, 0.05) is 5.41 Å². The molecule has 0 saturated heterocycles. The van der Waals surface area contributed by atoms with Crippen molar-refractivity contribution in [3.05, 3.63) is 59.7 Å². The van der Waals surface area contributed by atoms with E-state index in [9.17, 15) is 10.2 Å².